The van der Waals surface area contributed by atoms with Gasteiger partial charge in [-0.1, -0.05) is 104 Å². The molecule has 2 aromatic heterocycles. The van der Waals surface area contributed by atoms with Crippen LogP contribution in [0.5, 0.6) is 5.75 Å². The van der Waals surface area contributed by atoms with E-state index in [0.717, 1.165) is 44.5 Å². The molecule has 0 bridgehead atoms. The third-order valence-corrected chi connectivity index (χ3v) is 10.2. The van der Waals surface area contributed by atoms with Crippen molar-refractivity contribution in [1.29, 1.82) is 0 Å². The van der Waals surface area contributed by atoms with Crippen molar-refractivity contribution in [3.05, 3.63) is 162 Å². The Morgan fingerprint density at radius 3 is 2.38 bits per heavy atom. The van der Waals surface area contributed by atoms with Gasteiger partial charge in [0.1, 0.15) is 5.75 Å². The van der Waals surface area contributed by atoms with Crippen LogP contribution in [0.15, 0.2) is 119 Å². The molecule has 1 unspecified atom stereocenters. The number of rotatable bonds is 9. The van der Waals surface area contributed by atoms with E-state index in [4.69, 9.17) is 14.5 Å². The Bertz CT molecular complexity index is 2440. The predicted octanol–water partition coefficient (Wildman–Crippen LogP) is 7.38. The second-order valence-corrected chi connectivity index (χ2v) is 13.8. The van der Waals surface area contributed by atoms with Crippen LogP contribution in [0.1, 0.15) is 66.1 Å². The van der Waals surface area contributed by atoms with Crippen molar-refractivity contribution in [2.45, 2.75) is 46.2 Å². The number of hydrogen-bond acceptors (Lipinski definition) is 6. The molecule has 1 atom stereocenters. The quantitative estimate of drug-likeness (QED) is 0.149. The zero-order valence-electron chi connectivity index (χ0n) is 28.8. The standard InChI is InChI=1S/C42H39N3O4S/c1-6-49-41(47)37-38(29-17-11-8-12-18-29)43-42-45(39(37)33-23-32(26(2)3)35(48-5)21-27(33)4)40(46)36(50-42)22-30-25-44(24-28-15-9-7-10-16-28)34-20-14-13-19-31(30)34/h7-23,25-26,39H,6,24H2,1-5H3/b36-22-. The Morgan fingerprint density at radius 1 is 0.980 bits per heavy atom. The van der Waals surface area contributed by atoms with Crippen molar-refractivity contribution in [2.75, 3.05) is 13.7 Å². The number of thiazole rings is 1. The van der Waals surface area contributed by atoms with Crippen LogP contribution in [0.3, 0.4) is 0 Å². The van der Waals surface area contributed by atoms with E-state index in [0.29, 0.717) is 27.1 Å². The summed E-state index contributed by atoms with van der Waals surface area (Å²) in [5.74, 6) is 0.405. The number of methoxy groups -OCH3 is 1. The van der Waals surface area contributed by atoms with Crippen LogP contribution >= 0.6 is 11.3 Å². The molecule has 0 spiro atoms. The number of carbonyl (C=O) groups is 1. The highest BCUT2D eigenvalue weighted by Gasteiger charge is 2.36. The largest absolute Gasteiger partial charge is 0.496 e. The molecular formula is C42H39N3O4S. The SMILES string of the molecule is CCOC(=O)C1=C(c2ccccc2)N=c2s/c(=C\c3cn(Cc4ccccc4)c4ccccc34)c(=O)n2C1c1cc(C(C)C)c(OC)cc1C. The first-order chi connectivity index (χ1) is 24.3. The average Bonchev–Trinajstić information content (AvgIpc) is 3.63. The van der Waals surface area contributed by atoms with E-state index in [2.05, 4.69) is 54.9 Å². The summed E-state index contributed by atoms with van der Waals surface area (Å²) in [6, 6.07) is 31.5. The van der Waals surface area contributed by atoms with Crippen LogP contribution in [0.25, 0.3) is 22.7 Å². The molecule has 8 heteroatoms. The van der Waals surface area contributed by atoms with Gasteiger partial charge in [0.05, 0.1) is 35.6 Å². The second-order valence-electron chi connectivity index (χ2n) is 12.8. The van der Waals surface area contributed by atoms with Crippen molar-refractivity contribution in [3.63, 3.8) is 0 Å². The smallest absolute Gasteiger partial charge is 0.338 e. The second kappa shape index (κ2) is 13.8. The van der Waals surface area contributed by atoms with E-state index in [1.807, 2.05) is 79.7 Å². The zero-order valence-corrected chi connectivity index (χ0v) is 29.7. The van der Waals surface area contributed by atoms with Gasteiger partial charge in [0, 0.05) is 34.8 Å². The van der Waals surface area contributed by atoms with Crippen LogP contribution in [0.2, 0.25) is 0 Å². The molecule has 0 radical (unpaired) electrons. The first-order valence-corrected chi connectivity index (χ1v) is 17.7. The Morgan fingerprint density at radius 2 is 1.68 bits per heavy atom. The molecule has 50 heavy (non-hydrogen) atoms. The zero-order chi connectivity index (χ0) is 34.9. The fourth-order valence-electron chi connectivity index (χ4n) is 6.82. The third-order valence-electron chi connectivity index (χ3n) is 9.21. The highest BCUT2D eigenvalue weighted by atomic mass is 32.1. The number of carbonyl (C=O) groups excluding carboxylic acids is 1. The molecule has 7 rings (SSSR count). The van der Waals surface area contributed by atoms with E-state index in [9.17, 15) is 9.59 Å². The summed E-state index contributed by atoms with van der Waals surface area (Å²) in [5.41, 5.74) is 7.32. The van der Waals surface area contributed by atoms with Gasteiger partial charge >= 0.3 is 5.97 Å². The molecule has 6 aromatic rings. The van der Waals surface area contributed by atoms with Gasteiger partial charge < -0.3 is 14.0 Å². The van der Waals surface area contributed by atoms with E-state index in [-0.39, 0.29) is 18.1 Å². The predicted molar refractivity (Wildman–Crippen MR) is 200 cm³/mol. The highest BCUT2D eigenvalue weighted by Crippen LogP contribution is 2.40. The maximum atomic E-state index is 14.7. The molecule has 0 fully saturated rings. The van der Waals surface area contributed by atoms with Gasteiger partial charge in [-0.05, 0) is 66.3 Å². The maximum absolute atomic E-state index is 14.7. The lowest BCUT2D eigenvalue weighted by molar-refractivity contribution is -0.138. The minimum atomic E-state index is -0.773. The van der Waals surface area contributed by atoms with E-state index < -0.39 is 12.0 Å². The molecule has 252 valence electrons. The fourth-order valence-corrected chi connectivity index (χ4v) is 7.81. The lowest BCUT2D eigenvalue weighted by atomic mass is 9.87. The molecule has 0 aliphatic carbocycles. The minimum absolute atomic E-state index is 0.136. The van der Waals surface area contributed by atoms with Gasteiger partial charge in [0.15, 0.2) is 4.80 Å². The van der Waals surface area contributed by atoms with Crippen molar-refractivity contribution < 1.29 is 14.3 Å². The van der Waals surface area contributed by atoms with Gasteiger partial charge in [-0.25, -0.2) is 9.79 Å². The Balaban J connectivity index is 1.50. The maximum Gasteiger partial charge on any atom is 0.338 e. The molecule has 1 aliphatic rings. The van der Waals surface area contributed by atoms with E-state index in [1.165, 1.54) is 16.9 Å². The molecule has 0 N–H and O–H groups in total. The van der Waals surface area contributed by atoms with Crippen molar-refractivity contribution in [1.82, 2.24) is 9.13 Å². The molecule has 3 heterocycles. The van der Waals surface area contributed by atoms with Crippen LogP contribution in [-0.2, 0) is 16.1 Å². The van der Waals surface area contributed by atoms with Gasteiger partial charge in [-0.3, -0.25) is 9.36 Å². The van der Waals surface area contributed by atoms with Crippen LogP contribution in [0.4, 0.5) is 0 Å². The number of hydrogen-bond donors (Lipinski definition) is 0. The Labute approximate surface area is 295 Å². The average molecular weight is 682 g/mol. The van der Waals surface area contributed by atoms with Gasteiger partial charge in [-0.2, -0.15) is 0 Å². The summed E-state index contributed by atoms with van der Waals surface area (Å²) >= 11 is 1.33. The van der Waals surface area contributed by atoms with Crippen LogP contribution in [-0.4, -0.2) is 28.8 Å². The normalized spacial score (nSPS) is 14.6. The monoisotopic (exact) mass is 681 g/mol. The van der Waals surface area contributed by atoms with E-state index in [1.54, 1.807) is 18.6 Å². The number of benzene rings is 4. The summed E-state index contributed by atoms with van der Waals surface area (Å²) < 4.78 is 15.9. The van der Waals surface area contributed by atoms with Gasteiger partial charge in [0.2, 0.25) is 0 Å². The fraction of sp³-hybridized carbons (Fsp3) is 0.214. The van der Waals surface area contributed by atoms with Gasteiger partial charge in [-0.15, -0.1) is 0 Å². The molecule has 4 aromatic carbocycles. The minimum Gasteiger partial charge on any atom is -0.496 e. The van der Waals surface area contributed by atoms with Crippen LogP contribution < -0.4 is 19.6 Å². The first-order valence-electron chi connectivity index (χ1n) is 16.9. The van der Waals surface area contributed by atoms with Crippen LogP contribution in [0, 0.1) is 6.92 Å². The molecule has 0 amide bonds. The first kappa shape index (κ1) is 33.0. The molecular weight excluding hydrogens is 643 g/mol. The van der Waals surface area contributed by atoms with Crippen molar-refractivity contribution in [2.24, 2.45) is 4.99 Å². The molecule has 7 nitrogen and oxygen atoms in total. The number of esters is 1. The number of para-hydroxylation sites is 1. The summed E-state index contributed by atoms with van der Waals surface area (Å²) in [6.45, 7) is 8.88. The number of fused-ring (bicyclic) bond motifs is 2. The molecule has 1 aliphatic heterocycles. The molecule has 0 saturated heterocycles. The topological polar surface area (TPSA) is 74.8 Å². The summed E-state index contributed by atoms with van der Waals surface area (Å²) in [4.78, 5) is 34.4. The highest BCUT2D eigenvalue weighted by molar-refractivity contribution is 7.07. The van der Waals surface area contributed by atoms with Gasteiger partial charge in [0.25, 0.3) is 5.56 Å². The summed E-state index contributed by atoms with van der Waals surface area (Å²) in [6.07, 6.45) is 4.07. The lowest BCUT2D eigenvalue weighted by Gasteiger charge is -2.28. The number of aryl methyl sites for hydroxylation is 1. The van der Waals surface area contributed by atoms with E-state index >= 15 is 0 Å². The lowest BCUT2D eigenvalue weighted by Crippen LogP contribution is -2.40. The number of aromatic nitrogens is 2. The Hall–Kier alpha value is -5.47. The van der Waals surface area contributed by atoms with Crippen molar-refractivity contribution >= 4 is 40.0 Å². The Kier molecular flexibility index (Phi) is 9.12. The number of nitrogens with zero attached hydrogens (tertiary/aromatic N) is 3. The number of ether oxygens (including phenoxy) is 2. The molecule has 0 saturated carbocycles. The third kappa shape index (κ3) is 6.00. The summed E-state index contributed by atoms with van der Waals surface area (Å²) in [7, 11) is 1.66. The van der Waals surface area contributed by atoms with Crippen molar-refractivity contribution in [3.8, 4) is 5.75 Å². The summed E-state index contributed by atoms with van der Waals surface area (Å²) in [5, 5.41) is 1.05.